The van der Waals surface area contributed by atoms with Crippen molar-refractivity contribution in [2.75, 3.05) is 0 Å². The summed E-state index contributed by atoms with van der Waals surface area (Å²) in [5, 5.41) is 0. The van der Waals surface area contributed by atoms with Gasteiger partial charge in [0.1, 0.15) is 0 Å². The van der Waals surface area contributed by atoms with Crippen molar-refractivity contribution in [3.63, 3.8) is 0 Å². The molecule has 0 radical (unpaired) electrons. The molecule has 0 aliphatic heterocycles. The molecule has 0 atom stereocenters. The van der Waals surface area contributed by atoms with E-state index < -0.39 is 112 Å². The quantitative estimate of drug-likeness (QED) is 0.273. The average Bonchev–Trinajstić information content (AvgIpc) is 1.70. The van der Waals surface area contributed by atoms with Crippen LogP contribution in [0, 0.1) is 0 Å². The fraction of sp³-hybridized carbons (Fsp3) is 0. The third kappa shape index (κ3) is 5000. The molecule has 310 valence electrons. The smallest absolute Gasteiger partial charge is 2.00 e. The molecule has 0 amide bonds. The molecule has 0 saturated carbocycles. The molecule has 0 aromatic heterocycles. The largest absolute Gasteiger partial charge is 2.00 e. The predicted molar refractivity (Wildman–Crippen MR) is 72.2 cm³/mol. The molecule has 0 aliphatic carbocycles. The number of halogens is 30. The van der Waals surface area contributed by atoms with Crippen LogP contribution in [0.2, 0.25) is 0 Å². The monoisotopic (exact) mass is 1710 g/mol. The standard InChI is InChI=1S/2Ag.6F5HOTe.Ti/c;;6*1-7(2,3,4,5)6;/h;;6*6H;/q2*+1;;;;;;;+2/p-4. The molecule has 0 fully saturated rings. The van der Waals surface area contributed by atoms with Crippen molar-refractivity contribution in [3.05, 3.63) is 0 Å². The van der Waals surface area contributed by atoms with E-state index in [1.807, 2.05) is 0 Å². The fourth-order valence-electron chi connectivity index (χ4n) is 0. The van der Waals surface area contributed by atoms with E-state index in [-0.39, 0.29) is 66.5 Å². The third-order valence-corrected chi connectivity index (χ3v) is 0. The first-order chi connectivity index (χ1) is 14.7. The van der Waals surface area contributed by atoms with E-state index in [0.717, 1.165) is 0 Å². The summed E-state index contributed by atoms with van der Waals surface area (Å²) in [6.07, 6.45) is 0. The second kappa shape index (κ2) is 12.3. The van der Waals surface area contributed by atoms with Crippen molar-refractivity contribution in [2.24, 2.45) is 0 Å². The van der Waals surface area contributed by atoms with Crippen LogP contribution in [0.3, 0.4) is 0 Å². The first-order valence-corrected chi connectivity index (χ1v) is 38.0. The molecule has 6 nitrogen and oxygen atoms in total. The van der Waals surface area contributed by atoms with Crippen LogP contribution < -0.4 is 13.9 Å². The molecule has 0 aromatic carbocycles. The van der Waals surface area contributed by atoms with Crippen LogP contribution in [-0.4, -0.2) is 119 Å². The van der Waals surface area contributed by atoms with Crippen molar-refractivity contribution < 1.29 is 174 Å². The van der Waals surface area contributed by atoms with Gasteiger partial charge in [-0.25, -0.2) is 0 Å². The summed E-state index contributed by atoms with van der Waals surface area (Å²) in [5.74, 6) is 0. The molecule has 0 aromatic rings. The molecule has 0 rings (SSSR count). The van der Waals surface area contributed by atoms with Crippen molar-refractivity contribution in [1.82, 2.24) is 0 Å². The topological polar surface area (TPSA) is 133 Å². The maximum absolute atomic E-state index is 10.9. The normalized spacial score (nSPS) is 21.6. The van der Waals surface area contributed by atoms with E-state index in [1.54, 1.807) is 0 Å². The first kappa shape index (κ1) is 71.1. The third-order valence-electron chi connectivity index (χ3n) is 0. The van der Waals surface area contributed by atoms with E-state index in [4.69, 9.17) is 20.8 Å². The number of hydrogen-bond acceptors (Lipinski definition) is 6. The van der Waals surface area contributed by atoms with Crippen molar-refractivity contribution in [1.29, 1.82) is 0 Å². The Morgan fingerprint density at radius 1 is 0.244 bits per heavy atom. The van der Waals surface area contributed by atoms with Crippen LogP contribution >= 0.6 is 0 Å². The average molecular weight is 1700 g/mol. The summed E-state index contributed by atoms with van der Waals surface area (Å²) in [6, 6.07) is 0. The maximum atomic E-state index is 10.1. The summed E-state index contributed by atoms with van der Waals surface area (Å²) in [6.45, 7) is 0. The Bertz CT molecular complexity index is 651. The zero-order valence-electron chi connectivity index (χ0n) is 17.4. The van der Waals surface area contributed by atoms with Gasteiger partial charge in [-0.3, -0.25) is 0 Å². The second-order valence-corrected chi connectivity index (χ2v) is 36.6. The molecule has 45 heavy (non-hydrogen) atoms. The van der Waals surface area contributed by atoms with Crippen LogP contribution in [0.15, 0.2) is 0 Å². The summed E-state index contributed by atoms with van der Waals surface area (Å²) in [4.78, 5) is 0. The van der Waals surface area contributed by atoms with Crippen LogP contribution in [0.1, 0.15) is 0 Å². The summed E-state index contributed by atoms with van der Waals surface area (Å²) < 4.78 is 347. The Morgan fingerprint density at radius 2 is 0.244 bits per heavy atom. The van der Waals surface area contributed by atoms with Gasteiger partial charge in [0.2, 0.25) is 0 Å². The van der Waals surface area contributed by atoms with Gasteiger partial charge in [0, 0.05) is 0 Å². The molecule has 0 bridgehead atoms. The Kier molecular flexibility index (Phi) is 19.4. The van der Waals surface area contributed by atoms with E-state index >= 15 is 0 Å². The van der Waals surface area contributed by atoms with Crippen molar-refractivity contribution in [3.8, 4) is 0 Å². The van der Waals surface area contributed by atoms with Gasteiger partial charge in [-0.05, 0) is 0 Å². The molecule has 0 spiro atoms. The molecular formula is H2Ag2F30O6Te6Ti. The summed E-state index contributed by atoms with van der Waals surface area (Å²) in [5.41, 5.74) is 0. The van der Waals surface area contributed by atoms with Gasteiger partial charge in [-0.15, -0.1) is 0 Å². The van der Waals surface area contributed by atoms with Gasteiger partial charge < -0.3 is 0 Å². The SMILES string of the molecule is O[Te](F)(F)(F)(F)F.O[Te](F)(F)(F)(F)F.[Ag+].[Ag+].[O-][Te](F)(F)(F)(F)F.[O-][Te](F)(F)(F)(F)F.[O-][Te](F)(F)(F)(F)F.[O-][Te](F)(F)(F)(F)F.[Ti+2]. The Morgan fingerprint density at radius 3 is 0.244 bits per heavy atom. The van der Waals surface area contributed by atoms with Gasteiger partial charge >= 0.3 is 286 Å². The van der Waals surface area contributed by atoms with Gasteiger partial charge in [0.15, 0.2) is 0 Å². The maximum Gasteiger partial charge on any atom is 2.00 e. The van der Waals surface area contributed by atoms with Gasteiger partial charge in [0.05, 0.1) is 0 Å². The van der Waals surface area contributed by atoms with E-state index in [1.165, 1.54) is 0 Å². The molecule has 2 N–H and O–H groups in total. The van der Waals surface area contributed by atoms with Gasteiger partial charge in [-0.1, -0.05) is 0 Å². The van der Waals surface area contributed by atoms with E-state index in [2.05, 4.69) is 0 Å². The van der Waals surface area contributed by atoms with Crippen LogP contribution in [0.4, 0.5) is 86.8 Å². The zero-order valence-corrected chi connectivity index (χ0v) is 35.9. The van der Waals surface area contributed by atoms with Crippen LogP contribution in [0.5, 0.6) is 0 Å². The molecule has 0 aliphatic rings. The fourth-order valence-corrected chi connectivity index (χ4v) is 0. The summed E-state index contributed by atoms with van der Waals surface area (Å²) >= 11 is -65.1. The van der Waals surface area contributed by atoms with Crippen LogP contribution in [-0.2, 0) is 66.5 Å². The van der Waals surface area contributed by atoms with E-state index in [0.29, 0.717) is 0 Å². The zero-order chi connectivity index (χ0) is 38.4. The minimum absolute atomic E-state index is 0. The van der Waals surface area contributed by atoms with Gasteiger partial charge in [-0.2, -0.15) is 0 Å². The minimum atomic E-state index is -10.9. The Labute approximate surface area is 281 Å². The first-order valence-electron chi connectivity index (χ1n) is 5.66. The summed E-state index contributed by atoms with van der Waals surface area (Å²) in [7, 11) is 0. The minimum Gasteiger partial charge on any atom is 2.00 e. The van der Waals surface area contributed by atoms with Crippen molar-refractivity contribution in [2.45, 2.75) is 0 Å². The van der Waals surface area contributed by atoms with Crippen LogP contribution in [0.25, 0.3) is 0 Å². The molecule has 0 saturated heterocycles. The Hall–Kier alpha value is 4.59. The molecular weight excluding hydrogens is 1700 g/mol. The number of hydrogen-bond donors (Lipinski definition) is 2. The molecule has 45 heteroatoms. The predicted octanol–water partition coefficient (Wildman–Crippen LogP) is 4.44. The van der Waals surface area contributed by atoms with Gasteiger partial charge in [0.25, 0.3) is 0 Å². The molecule has 0 unspecified atom stereocenters. The Balaban J connectivity index is -0.0000000487. The second-order valence-electron chi connectivity index (χ2n) is 5.45. The van der Waals surface area contributed by atoms with Crippen molar-refractivity contribution >= 4 is 112 Å². The molecule has 0 heterocycles. The van der Waals surface area contributed by atoms with E-state index in [9.17, 15) is 86.8 Å². The number of rotatable bonds is 0.